The van der Waals surface area contributed by atoms with Gasteiger partial charge in [0.25, 0.3) is 0 Å². The molecule has 0 aliphatic carbocycles. The van der Waals surface area contributed by atoms with Crippen molar-refractivity contribution in [1.29, 1.82) is 0 Å². The molecule has 7 nitrogen and oxygen atoms in total. The summed E-state index contributed by atoms with van der Waals surface area (Å²) in [7, 11) is 0. The van der Waals surface area contributed by atoms with E-state index < -0.39 is 6.67 Å². The van der Waals surface area contributed by atoms with Crippen molar-refractivity contribution in [3.8, 4) is 5.75 Å². The Hall–Kier alpha value is -3.13. The number of nitrogens with one attached hydrogen (secondary N) is 1. The fourth-order valence-corrected chi connectivity index (χ4v) is 6.29. The van der Waals surface area contributed by atoms with E-state index in [1.165, 1.54) is 0 Å². The first-order valence-corrected chi connectivity index (χ1v) is 15.6. The summed E-state index contributed by atoms with van der Waals surface area (Å²) in [4.78, 5) is 45.1. The number of Topliss-reactive ketones (excluding diaryl/α,β-unsaturated/α-hetero) is 2. The summed E-state index contributed by atoms with van der Waals surface area (Å²) in [6.45, 7) is 4.36. The number of piperidine rings is 2. The Morgan fingerprint density at radius 2 is 1.88 bits per heavy atom. The minimum absolute atomic E-state index is 0.0411. The number of carbonyl (C=O) groups excluding carboxylic acids is 3. The van der Waals surface area contributed by atoms with Gasteiger partial charge in [-0.3, -0.25) is 14.6 Å². The molecule has 1 N–H and O–H groups in total. The number of aryl methyl sites for hydroxylation is 2. The van der Waals surface area contributed by atoms with Crippen LogP contribution >= 0.6 is 0 Å². The van der Waals surface area contributed by atoms with Gasteiger partial charge in [0.1, 0.15) is 30.6 Å². The first-order valence-electron chi connectivity index (χ1n) is 15.6. The highest BCUT2D eigenvalue weighted by atomic mass is 19.1. The molecule has 1 aromatic carbocycles. The van der Waals surface area contributed by atoms with E-state index in [0.29, 0.717) is 24.6 Å². The average molecular weight is 580 g/mol. The van der Waals surface area contributed by atoms with E-state index in [9.17, 15) is 18.8 Å². The van der Waals surface area contributed by atoms with Crippen LogP contribution in [0.25, 0.3) is 0 Å². The van der Waals surface area contributed by atoms with Crippen LogP contribution in [0.2, 0.25) is 0 Å². The smallest absolute Gasteiger partial charge is 0.222 e. The predicted octanol–water partition coefficient (Wildman–Crippen LogP) is 5.26. The monoisotopic (exact) mass is 579 g/mol. The van der Waals surface area contributed by atoms with Gasteiger partial charge in [0.2, 0.25) is 5.91 Å². The number of carbonyl (C=O) groups is 3. The zero-order valence-corrected chi connectivity index (χ0v) is 25.0. The van der Waals surface area contributed by atoms with E-state index in [4.69, 9.17) is 4.74 Å². The summed E-state index contributed by atoms with van der Waals surface area (Å²) >= 11 is 0. The average Bonchev–Trinajstić information content (AvgIpc) is 3.02. The van der Waals surface area contributed by atoms with Crippen LogP contribution in [-0.4, -0.2) is 66.8 Å². The second kappa shape index (κ2) is 16.5. The molecular formula is C34H46FN3O4. The van der Waals surface area contributed by atoms with Crippen molar-refractivity contribution >= 4 is 17.5 Å². The Morgan fingerprint density at radius 3 is 2.67 bits per heavy atom. The van der Waals surface area contributed by atoms with Crippen LogP contribution in [0.3, 0.4) is 0 Å². The van der Waals surface area contributed by atoms with Crippen LogP contribution in [-0.2, 0) is 27.2 Å². The number of ketones is 2. The summed E-state index contributed by atoms with van der Waals surface area (Å²) in [5.41, 5.74) is 3.02. The van der Waals surface area contributed by atoms with Crippen LogP contribution in [0.15, 0.2) is 42.7 Å². The first kappa shape index (κ1) is 31.8. The third kappa shape index (κ3) is 10.0. The fraction of sp³-hybridized carbons (Fsp3) is 0.588. The predicted molar refractivity (Wildman–Crippen MR) is 161 cm³/mol. The summed E-state index contributed by atoms with van der Waals surface area (Å²) in [5.74, 6) is 1.20. The molecule has 2 fully saturated rings. The third-order valence-corrected chi connectivity index (χ3v) is 8.67. The number of hydrogen-bond acceptors (Lipinski definition) is 6. The summed E-state index contributed by atoms with van der Waals surface area (Å²) in [6, 6.07) is 9.73. The highest BCUT2D eigenvalue weighted by molar-refractivity contribution is 5.85. The van der Waals surface area contributed by atoms with E-state index in [2.05, 4.69) is 16.4 Å². The zero-order valence-electron chi connectivity index (χ0n) is 25.0. The van der Waals surface area contributed by atoms with Crippen molar-refractivity contribution in [2.45, 2.75) is 77.0 Å². The number of hydrogen-bond donors (Lipinski definition) is 1. The maximum atomic E-state index is 13.5. The molecule has 8 heteroatoms. The number of alkyl halides is 1. The standard InChI is InChI=1S/C34H46FN3O4/c1-25(39)18-30(31-19-28(22-37-23-31)8-7-27-4-2-6-32(20-27)42-17-13-35)21-33(40)29-5-3-16-38(24-29)34(41)10-9-26-11-14-36-15-12-26/h2,4,6,19-20,22-23,26,29-30,36H,3,5,7-18,21,24H2,1H3/t29-,30-/m1/s1. The molecule has 2 saturated heterocycles. The van der Waals surface area contributed by atoms with Gasteiger partial charge < -0.3 is 19.7 Å². The molecule has 3 heterocycles. The SMILES string of the molecule is CC(=O)C[C@H](CC(=O)[C@@H]1CCCN(C(=O)CCC2CCNCC2)C1)c1cncc(CCc2cccc(OCCF)c2)c1. The fourth-order valence-electron chi connectivity index (χ4n) is 6.29. The Kier molecular flexibility index (Phi) is 12.5. The summed E-state index contributed by atoms with van der Waals surface area (Å²) < 4.78 is 17.9. The maximum absolute atomic E-state index is 13.5. The van der Waals surface area contributed by atoms with E-state index >= 15 is 0 Å². The van der Waals surface area contributed by atoms with E-state index in [1.54, 1.807) is 13.1 Å². The largest absolute Gasteiger partial charge is 0.491 e. The lowest BCUT2D eigenvalue weighted by atomic mass is 9.83. The van der Waals surface area contributed by atoms with Crippen LogP contribution in [0.5, 0.6) is 5.75 Å². The molecule has 0 bridgehead atoms. The molecule has 0 unspecified atom stereocenters. The Bertz CT molecular complexity index is 1180. The molecule has 2 aliphatic rings. The van der Waals surface area contributed by atoms with Gasteiger partial charge in [-0.05, 0) is 106 Å². The van der Waals surface area contributed by atoms with E-state index in [1.807, 2.05) is 35.4 Å². The number of ether oxygens (including phenoxy) is 1. The van der Waals surface area contributed by atoms with Crippen molar-refractivity contribution in [2.24, 2.45) is 11.8 Å². The van der Waals surface area contributed by atoms with Gasteiger partial charge in [0.15, 0.2) is 0 Å². The van der Waals surface area contributed by atoms with Gasteiger partial charge in [-0.15, -0.1) is 0 Å². The van der Waals surface area contributed by atoms with Crippen LogP contribution < -0.4 is 10.1 Å². The molecule has 42 heavy (non-hydrogen) atoms. The quantitative estimate of drug-likeness (QED) is 0.310. The van der Waals surface area contributed by atoms with Crippen molar-refractivity contribution in [3.05, 3.63) is 59.4 Å². The van der Waals surface area contributed by atoms with Crippen molar-refractivity contribution in [3.63, 3.8) is 0 Å². The van der Waals surface area contributed by atoms with Crippen LogP contribution in [0.1, 0.15) is 80.9 Å². The second-order valence-electron chi connectivity index (χ2n) is 12.0. The number of amides is 1. The summed E-state index contributed by atoms with van der Waals surface area (Å²) in [5, 5.41) is 3.37. The Labute approximate surface area is 249 Å². The molecular weight excluding hydrogens is 533 g/mol. The number of nitrogens with zero attached hydrogens (tertiary/aromatic N) is 2. The number of aromatic nitrogens is 1. The number of rotatable bonds is 15. The number of halogens is 1. The highest BCUT2D eigenvalue weighted by Gasteiger charge is 2.30. The molecule has 1 aromatic heterocycles. The van der Waals surface area contributed by atoms with E-state index in [0.717, 1.165) is 81.3 Å². The number of likely N-dealkylation sites (tertiary alicyclic amines) is 1. The van der Waals surface area contributed by atoms with Gasteiger partial charge in [-0.1, -0.05) is 18.2 Å². The molecule has 0 saturated carbocycles. The topological polar surface area (TPSA) is 88.6 Å². The lowest BCUT2D eigenvalue weighted by Gasteiger charge is -2.33. The minimum Gasteiger partial charge on any atom is -0.491 e. The molecule has 0 radical (unpaired) electrons. The minimum atomic E-state index is -0.525. The third-order valence-electron chi connectivity index (χ3n) is 8.67. The molecule has 1 amide bonds. The van der Waals surface area contributed by atoms with Gasteiger partial charge in [0, 0.05) is 50.7 Å². The molecule has 2 atom stereocenters. The molecule has 2 aliphatic heterocycles. The Morgan fingerprint density at radius 1 is 1.07 bits per heavy atom. The molecule has 0 spiro atoms. The van der Waals surface area contributed by atoms with Crippen molar-refractivity contribution in [2.75, 3.05) is 39.5 Å². The molecule has 4 rings (SSSR count). The first-order chi connectivity index (χ1) is 20.4. The number of benzene rings is 1. The van der Waals surface area contributed by atoms with E-state index in [-0.39, 0.29) is 48.8 Å². The lowest BCUT2D eigenvalue weighted by molar-refractivity contribution is -0.135. The highest BCUT2D eigenvalue weighted by Crippen LogP contribution is 2.29. The zero-order chi connectivity index (χ0) is 29.7. The van der Waals surface area contributed by atoms with Gasteiger partial charge in [-0.2, -0.15) is 0 Å². The van der Waals surface area contributed by atoms with Crippen LogP contribution in [0, 0.1) is 11.8 Å². The van der Waals surface area contributed by atoms with Gasteiger partial charge in [0.05, 0.1) is 0 Å². The van der Waals surface area contributed by atoms with Gasteiger partial charge in [-0.25, -0.2) is 4.39 Å². The Balaban J connectivity index is 1.34. The second-order valence-corrected chi connectivity index (χ2v) is 12.0. The molecule has 228 valence electrons. The van der Waals surface area contributed by atoms with Crippen LogP contribution in [0.4, 0.5) is 4.39 Å². The normalized spacial score (nSPS) is 18.4. The van der Waals surface area contributed by atoms with Crippen molar-refractivity contribution in [1.82, 2.24) is 15.2 Å². The lowest BCUT2D eigenvalue weighted by Crippen LogP contribution is -2.42. The maximum Gasteiger partial charge on any atom is 0.222 e. The summed E-state index contributed by atoms with van der Waals surface area (Å²) in [6.07, 6.45) is 11.0. The van der Waals surface area contributed by atoms with Gasteiger partial charge >= 0.3 is 0 Å². The number of pyridine rings is 1. The molecule has 2 aromatic rings. The van der Waals surface area contributed by atoms with Crippen molar-refractivity contribution < 1.29 is 23.5 Å².